The molecule has 0 heterocycles. The van der Waals surface area contributed by atoms with Crippen molar-refractivity contribution >= 4 is 28.8 Å². The molecule has 2 aromatic rings. The lowest BCUT2D eigenvalue weighted by Crippen LogP contribution is -2.08. The number of methoxy groups -OCH3 is 1. The van der Waals surface area contributed by atoms with Crippen LogP contribution in [0.5, 0.6) is 5.75 Å². The van der Waals surface area contributed by atoms with Gasteiger partial charge in [-0.05, 0) is 53.3 Å². The zero-order valence-corrected chi connectivity index (χ0v) is 15.3. The molecule has 0 aromatic heterocycles. The third kappa shape index (κ3) is 3.62. The maximum atomic E-state index is 13.5. The van der Waals surface area contributed by atoms with Gasteiger partial charge in [0.2, 0.25) is 0 Å². The van der Waals surface area contributed by atoms with E-state index >= 15 is 0 Å². The smallest absolute Gasteiger partial charge is 0.417 e. The molecule has 0 radical (unpaired) electrons. The molecule has 0 amide bonds. The lowest BCUT2D eigenvalue weighted by molar-refractivity contribution is -0.137. The highest BCUT2D eigenvalue weighted by Gasteiger charge is 2.34. The Bertz CT molecular complexity index is 898. The number of alkyl halides is 3. The summed E-state index contributed by atoms with van der Waals surface area (Å²) >= 11 is 12.5. The summed E-state index contributed by atoms with van der Waals surface area (Å²) in [6.07, 6.45) is -1.39. The molecule has 0 unspecified atom stereocenters. The molecule has 0 spiro atoms. The van der Waals surface area contributed by atoms with Gasteiger partial charge in [0.05, 0.1) is 22.7 Å². The summed E-state index contributed by atoms with van der Waals surface area (Å²) in [7, 11) is 1.47. The third-order valence-electron chi connectivity index (χ3n) is 4.27. The first-order valence-corrected chi connectivity index (χ1v) is 8.68. The molecule has 0 saturated heterocycles. The number of hydrogen-bond acceptors (Lipinski definition) is 1. The van der Waals surface area contributed by atoms with Crippen molar-refractivity contribution in [3.8, 4) is 16.9 Å². The predicted octanol–water partition coefficient (Wildman–Crippen LogP) is 7.25. The van der Waals surface area contributed by atoms with Gasteiger partial charge in [-0.15, -0.1) is 0 Å². The highest BCUT2D eigenvalue weighted by Crippen LogP contribution is 2.44. The van der Waals surface area contributed by atoms with E-state index in [1.54, 1.807) is 30.3 Å². The number of rotatable bonds is 3. The van der Waals surface area contributed by atoms with Crippen LogP contribution in [0.15, 0.2) is 58.6 Å². The molecule has 0 atom stereocenters. The Morgan fingerprint density at radius 1 is 0.962 bits per heavy atom. The molecule has 3 rings (SSSR count). The average molecular weight is 399 g/mol. The van der Waals surface area contributed by atoms with E-state index in [1.807, 2.05) is 0 Å². The topological polar surface area (TPSA) is 9.23 Å². The van der Waals surface area contributed by atoms with Crippen molar-refractivity contribution in [1.82, 2.24) is 0 Å². The van der Waals surface area contributed by atoms with Crippen LogP contribution in [0.25, 0.3) is 16.7 Å². The fourth-order valence-corrected chi connectivity index (χ4v) is 3.54. The second-order valence-corrected chi connectivity index (χ2v) is 6.62. The minimum atomic E-state index is -4.47. The maximum Gasteiger partial charge on any atom is 0.417 e. The van der Waals surface area contributed by atoms with Gasteiger partial charge < -0.3 is 4.74 Å². The predicted molar refractivity (Wildman–Crippen MR) is 99.4 cm³/mol. The number of benzene rings is 2. The fraction of sp³-hybridized carbons (Fsp3) is 0.200. The van der Waals surface area contributed by atoms with Crippen molar-refractivity contribution in [2.75, 3.05) is 7.11 Å². The summed E-state index contributed by atoms with van der Waals surface area (Å²) in [5.41, 5.74) is 1.14. The van der Waals surface area contributed by atoms with E-state index in [2.05, 4.69) is 0 Å². The fourth-order valence-electron chi connectivity index (χ4n) is 3.04. The van der Waals surface area contributed by atoms with E-state index in [-0.39, 0.29) is 5.56 Å². The minimum Gasteiger partial charge on any atom is -0.497 e. The summed E-state index contributed by atoms with van der Waals surface area (Å²) in [5, 5.41) is 0.785. The number of halogens is 5. The zero-order valence-electron chi connectivity index (χ0n) is 13.8. The van der Waals surface area contributed by atoms with Crippen molar-refractivity contribution in [2.45, 2.75) is 19.0 Å². The van der Waals surface area contributed by atoms with Gasteiger partial charge in [-0.1, -0.05) is 53.5 Å². The van der Waals surface area contributed by atoms with E-state index in [0.29, 0.717) is 39.8 Å². The number of hydrogen-bond donors (Lipinski definition) is 0. The Morgan fingerprint density at radius 3 is 2.38 bits per heavy atom. The van der Waals surface area contributed by atoms with Crippen molar-refractivity contribution in [2.24, 2.45) is 0 Å². The van der Waals surface area contributed by atoms with Gasteiger partial charge in [0, 0.05) is 0 Å². The quantitative estimate of drug-likeness (QED) is 0.528. The van der Waals surface area contributed by atoms with Crippen molar-refractivity contribution < 1.29 is 17.9 Å². The van der Waals surface area contributed by atoms with Crippen LogP contribution in [0.1, 0.15) is 24.0 Å². The van der Waals surface area contributed by atoms with Crippen LogP contribution in [-0.4, -0.2) is 7.11 Å². The van der Waals surface area contributed by atoms with Gasteiger partial charge in [-0.2, -0.15) is 13.2 Å². The van der Waals surface area contributed by atoms with Crippen LogP contribution >= 0.6 is 23.2 Å². The average Bonchev–Trinajstić information content (AvgIpc) is 2.63. The first kappa shape index (κ1) is 18.9. The van der Waals surface area contributed by atoms with Gasteiger partial charge in [-0.3, -0.25) is 0 Å². The van der Waals surface area contributed by atoms with Gasteiger partial charge >= 0.3 is 6.18 Å². The van der Waals surface area contributed by atoms with Gasteiger partial charge in [-0.25, -0.2) is 0 Å². The zero-order chi connectivity index (χ0) is 18.9. The third-order valence-corrected chi connectivity index (χ3v) is 5.14. The Kier molecular flexibility index (Phi) is 5.35. The minimum absolute atomic E-state index is 0.0801. The van der Waals surface area contributed by atoms with Gasteiger partial charge in [0.1, 0.15) is 5.75 Å². The lowest BCUT2D eigenvalue weighted by Gasteiger charge is -2.21. The van der Waals surface area contributed by atoms with E-state index in [0.717, 1.165) is 11.6 Å². The normalized spacial score (nSPS) is 15.1. The molecule has 6 heteroatoms. The van der Waals surface area contributed by atoms with Gasteiger partial charge in [0.15, 0.2) is 0 Å². The highest BCUT2D eigenvalue weighted by atomic mass is 35.5. The van der Waals surface area contributed by atoms with Crippen LogP contribution in [0.3, 0.4) is 0 Å². The molecular formula is C20H15Cl2F3O. The first-order chi connectivity index (χ1) is 12.3. The summed E-state index contributed by atoms with van der Waals surface area (Å²) in [6.45, 7) is 0. The molecule has 136 valence electrons. The molecular weight excluding hydrogens is 384 g/mol. The number of ether oxygens (including phenoxy) is 1. The molecule has 1 aliphatic carbocycles. The molecule has 0 N–H and O–H groups in total. The van der Waals surface area contributed by atoms with Crippen LogP contribution in [0.4, 0.5) is 13.2 Å². The summed E-state index contributed by atoms with van der Waals surface area (Å²) in [6, 6.07) is 10.5. The Hall–Kier alpha value is -1.91. The molecule has 0 saturated carbocycles. The summed E-state index contributed by atoms with van der Waals surface area (Å²) in [5.74, 6) is 0.467. The van der Waals surface area contributed by atoms with Gasteiger partial charge in [0.25, 0.3) is 0 Å². The highest BCUT2D eigenvalue weighted by molar-refractivity contribution is 6.46. The summed E-state index contributed by atoms with van der Waals surface area (Å²) in [4.78, 5) is 0. The molecule has 0 bridgehead atoms. The summed E-state index contributed by atoms with van der Waals surface area (Å²) < 4.78 is 45.8. The first-order valence-electron chi connectivity index (χ1n) is 7.92. The molecule has 0 fully saturated rings. The second kappa shape index (κ2) is 7.37. The Morgan fingerprint density at radius 2 is 1.69 bits per heavy atom. The monoisotopic (exact) mass is 398 g/mol. The van der Waals surface area contributed by atoms with Crippen LogP contribution in [0.2, 0.25) is 0 Å². The van der Waals surface area contributed by atoms with Crippen molar-refractivity contribution in [3.63, 3.8) is 0 Å². The molecule has 1 nitrogen and oxygen atoms in total. The van der Waals surface area contributed by atoms with Crippen molar-refractivity contribution in [3.05, 3.63) is 69.7 Å². The lowest BCUT2D eigenvalue weighted by atomic mass is 9.88. The van der Waals surface area contributed by atoms with Crippen molar-refractivity contribution in [1.29, 1.82) is 0 Å². The van der Waals surface area contributed by atoms with E-state index in [9.17, 15) is 13.2 Å². The van der Waals surface area contributed by atoms with Crippen LogP contribution in [0, 0.1) is 0 Å². The SMILES string of the molecule is COc1ccc(C2=C(Cl)C(Cl)=CCC2)c(-c2ccccc2C(F)(F)F)c1. The molecule has 0 aliphatic heterocycles. The Labute approximate surface area is 159 Å². The largest absolute Gasteiger partial charge is 0.497 e. The maximum absolute atomic E-state index is 13.5. The van der Waals surface area contributed by atoms with Crippen LogP contribution < -0.4 is 4.74 Å². The van der Waals surface area contributed by atoms with E-state index in [1.165, 1.54) is 19.2 Å². The van der Waals surface area contributed by atoms with E-state index in [4.69, 9.17) is 27.9 Å². The molecule has 1 aliphatic rings. The number of allylic oxidation sites excluding steroid dienone is 4. The molecule has 26 heavy (non-hydrogen) atoms. The van der Waals surface area contributed by atoms with E-state index < -0.39 is 11.7 Å². The van der Waals surface area contributed by atoms with Crippen LogP contribution in [-0.2, 0) is 6.18 Å². The Balaban J connectivity index is 2.29. The molecule has 2 aromatic carbocycles. The standard InChI is InChI=1S/C20H15Cl2F3O/c1-26-12-9-10-13(15-6-4-8-18(21)19(15)22)16(11-12)14-5-2-3-7-17(14)20(23,24)25/h2-3,5,7-11H,4,6H2,1H3. The second-order valence-electron chi connectivity index (χ2n) is 5.84.